The van der Waals surface area contributed by atoms with E-state index < -0.39 is 0 Å². The van der Waals surface area contributed by atoms with Gasteiger partial charge in [0.05, 0.1) is 0 Å². The van der Waals surface area contributed by atoms with Gasteiger partial charge in [-0.3, -0.25) is 9.78 Å². The predicted octanol–water partition coefficient (Wildman–Crippen LogP) is 2.62. The summed E-state index contributed by atoms with van der Waals surface area (Å²) in [6, 6.07) is 7.36. The topological polar surface area (TPSA) is 66.9 Å². The SMILES string of the molecule is CCCCNC(=O)c1ccnc(NCc2cccnc2)c1. The molecule has 0 fully saturated rings. The Bertz CT molecular complexity index is 571. The number of carbonyl (C=O) groups is 1. The molecule has 0 saturated carbocycles. The standard InChI is InChI=1S/C16H20N4O/c1-2-3-8-19-16(21)14-6-9-18-15(10-14)20-12-13-5-4-7-17-11-13/h4-7,9-11H,2-3,8,12H2,1H3,(H,18,20)(H,19,21). The zero-order chi connectivity index (χ0) is 14.9. The summed E-state index contributed by atoms with van der Waals surface area (Å²) in [5.74, 6) is 0.622. The van der Waals surface area contributed by atoms with E-state index >= 15 is 0 Å². The van der Waals surface area contributed by atoms with Gasteiger partial charge < -0.3 is 10.6 Å². The average Bonchev–Trinajstić information content (AvgIpc) is 2.54. The Morgan fingerprint density at radius 3 is 2.95 bits per heavy atom. The second-order valence-electron chi connectivity index (χ2n) is 4.75. The van der Waals surface area contributed by atoms with Crippen LogP contribution < -0.4 is 10.6 Å². The summed E-state index contributed by atoms with van der Waals surface area (Å²) < 4.78 is 0. The molecule has 0 unspecified atom stereocenters. The number of aromatic nitrogens is 2. The maximum absolute atomic E-state index is 12.0. The fraction of sp³-hybridized carbons (Fsp3) is 0.312. The number of carbonyl (C=O) groups excluding carboxylic acids is 1. The van der Waals surface area contributed by atoms with Gasteiger partial charge in [0.15, 0.2) is 0 Å². The van der Waals surface area contributed by atoms with Gasteiger partial charge in [0.1, 0.15) is 5.82 Å². The first-order chi connectivity index (χ1) is 10.3. The summed E-state index contributed by atoms with van der Waals surface area (Å²) in [5.41, 5.74) is 1.69. The molecule has 2 aromatic rings. The average molecular weight is 284 g/mol. The minimum Gasteiger partial charge on any atom is -0.366 e. The highest BCUT2D eigenvalue weighted by atomic mass is 16.1. The molecule has 21 heavy (non-hydrogen) atoms. The van der Waals surface area contributed by atoms with Crippen LogP contribution >= 0.6 is 0 Å². The van der Waals surface area contributed by atoms with Crippen LogP contribution in [0.25, 0.3) is 0 Å². The highest BCUT2D eigenvalue weighted by Crippen LogP contribution is 2.08. The number of hydrogen-bond acceptors (Lipinski definition) is 4. The summed E-state index contributed by atoms with van der Waals surface area (Å²) >= 11 is 0. The minimum absolute atomic E-state index is 0.0599. The van der Waals surface area contributed by atoms with E-state index in [1.54, 1.807) is 30.7 Å². The van der Waals surface area contributed by atoms with E-state index in [9.17, 15) is 4.79 Å². The quantitative estimate of drug-likeness (QED) is 0.767. The minimum atomic E-state index is -0.0599. The molecule has 0 atom stereocenters. The Morgan fingerprint density at radius 2 is 2.19 bits per heavy atom. The van der Waals surface area contributed by atoms with Crippen molar-refractivity contribution >= 4 is 11.7 Å². The van der Waals surface area contributed by atoms with Crippen LogP contribution in [0, 0.1) is 0 Å². The van der Waals surface area contributed by atoms with Crippen LogP contribution in [0.15, 0.2) is 42.9 Å². The molecule has 110 valence electrons. The summed E-state index contributed by atoms with van der Waals surface area (Å²) in [4.78, 5) is 20.3. The molecule has 2 N–H and O–H groups in total. The molecule has 0 spiro atoms. The smallest absolute Gasteiger partial charge is 0.251 e. The third-order valence-electron chi connectivity index (χ3n) is 3.03. The van der Waals surface area contributed by atoms with Crippen LogP contribution in [0.2, 0.25) is 0 Å². The molecule has 0 aliphatic carbocycles. The van der Waals surface area contributed by atoms with Gasteiger partial charge in [-0.05, 0) is 30.2 Å². The number of hydrogen-bond donors (Lipinski definition) is 2. The Hall–Kier alpha value is -2.43. The van der Waals surface area contributed by atoms with Gasteiger partial charge in [-0.25, -0.2) is 4.98 Å². The number of nitrogens with one attached hydrogen (secondary N) is 2. The molecule has 0 radical (unpaired) electrons. The first kappa shape index (κ1) is 15.0. The molecule has 0 aliphatic rings. The van der Waals surface area contributed by atoms with Crippen LogP contribution in [-0.2, 0) is 6.54 Å². The van der Waals surface area contributed by atoms with Crippen molar-refractivity contribution in [2.75, 3.05) is 11.9 Å². The number of nitrogens with zero attached hydrogens (tertiary/aromatic N) is 2. The highest BCUT2D eigenvalue weighted by molar-refractivity contribution is 5.94. The third-order valence-corrected chi connectivity index (χ3v) is 3.03. The van der Waals surface area contributed by atoms with E-state index in [1.165, 1.54) is 0 Å². The summed E-state index contributed by atoms with van der Waals surface area (Å²) in [6.45, 7) is 3.43. The van der Waals surface area contributed by atoms with Gasteiger partial charge in [0.25, 0.3) is 5.91 Å². The summed E-state index contributed by atoms with van der Waals surface area (Å²) in [5, 5.41) is 6.09. The Labute approximate surface area is 124 Å². The monoisotopic (exact) mass is 284 g/mol. The first-order valence-corrected chi connectivity index (χ1v) is 7.16. The zero-order valence-electron chi connectivity index (χ0n) is 12.2. The van der Waals surface area contributed by atoms with Crippen LogP contribution in [0.4, 0.5) is 5.82 Å². The van der Waals surface area contributed by atoms with Gasteiger partial charge in [0.2, 0.25) is 0 Å². The number of amides is 1. The number of pyridine rings is 2. The van der Waals surface area contributed by atoms with E-state index in [2.05, 4.69) is 27.5 Å². The van der Waals surface area contributed by atoms with Crippen molar-refractivity contribution in [2.24, 2.45) is 0 Å². The lowest BCUT2D eigenvalue weighted by atomic mass is 10.2. The lowest BCUT2D eigenvalue weighted by Crippen LogP contribution is -2.24. The van der Waals surface area contributed by atoms with Crippen molar-refractivity contribution in [2.45, 2.75) is 26.3 Å². The van der Waals surface area contributed by atoms with E-state index in [-0.39, 0.29) is 5.91 Å². The Kier molecular flexibility index (Phi) is 5.70. The van der Waals surface area contributed by atoms with Gasteiger partial charge in [-0.15, -0.1) is 0 Å². The van der Waals surface area contributed by atoms with Crippen LogP contribution in [0.3, 0.4) is 0 Å². The maximum Gasteiger partial charge on any atom is 0.251 e. The molecule has 0 aliphatic heterocycles. The second kappa shape index (κ2) is 7.99. The Balaban J connectivity index is 1.92. The molecule has 5 heteroatoms. The van der Waals surface area contributed by atoms with E-state index in [1.807, 2.05) is 12.1 Å². The van der Waals surface area contributed by atoms with Crippen molar-refractivity contribution in [1.82, 2.24) is 15.3 Å². The maximum atomic E-state index is 12.0. The fourth-order valence-electron chi connectivity index (χ4n) is 1.84. The van der Waals surface area contributed by atoms with Crippen LogP contribution in [-0.4, -0.2) is 22.4 Å². The normalized spacial score (nSPS) is 10.1. The van der Waals surface area contributed by atoms with Crippen molar-refractivity contribution in [3.05, 3.63) is 54.0 Å². The van der Waals surface area contributed by atoms with Gasteiger partial charge in [-0.1, -0.05) is 19.4 Å². The zero-order valence-corrected chi connectivity index (χ0v) is 12.2. The van der Waals surface area contributed by atoms with Crippen LogP contribution in [0.1, 0.15) is 35.7 Å². The van der Waals surface area contributed by atoms with Gasteiger partial charge >= 0.3 is 0 Å². The molecule has 0 aromatic carbocycles. The molecular formula is C16H20N4O. The van der Waals surface area contributed by atoms with E-state index in [0.29, 0.717) is 24.5 Å². The first-order valence-electron chi connectivity index (χ1n) is 7.16. The van der Waals surface area contributed by atoms with E-state index in [0.717, 1.165) is 18.4 Å². The molecule has 0 bridgehead atoms. The molecular weight excluding hydrogens is 264 g/mol. The largest absolute Gasteiger partial charge is 0.366 e. The van der Waals surface area contributed by atoms with Crippen molar-refractivity contribution in [3.8, 4) is 0 Å². The van der Waals surface area contributed by atoms with Crippen molar-refractivity contribution < 1.29 is 4.79 Å². The number of rotatable bonds is 7. The number of anilines is 1. The Morgan fingerprint density at radius 1 is 1.29 bits per heavy atom. The lowest BCUT2D eigenvalue weighted by Gasteiger charge is -2.08. The van der Waals surface area contributed by atoms with Crippen LogP contribution in [0.5, 0.6) is 0 Å². The molecule has 5 nitrogen and oxygen atoms in total. The molecule has 2 rings (SSSR count). The molecule has 2 aromatic heterocycles. The molecule has 2 heterocycles. The van der Waals surface area contributed by atoms with Crippen molar-refractivity contribution in [1.29, 1.82) is 0 Å². The predicted molar refractivity (Wildman–Crippen MR) is 83.0 cm³/mol. The highest BCUT2D eigenvalue weighted by Gasteiger charge is 2.06. The van der Waals surface area contributed by atoms with Gasteiger partial charge in [-0.2, -0.15) is 0 Å². The third kappa shape index (κ3) is 4.87. The summed E-state index contributed by atoms with van der Waals surface area (Å²) in [6.07, 6.45) is 7.23. The van der Waals surface area contributed by atoms with Crippen molar-refractivity contribution in [3.63, 3.8) is 0 Å². The number of unbranched alkanes of at least 4 members (excludes halogenated alkanes) is 1. The molecule has 1 amide bonds. The van der Waals surface area contributed by atoms with E-state index in [4.69, 9.17) is 0 Å². The summed E-state index contributed by atoms with van der Waals surface area (Å²) in [7, 11) is 0. The molecule has 0 saturated heterocycles. The second-order valence-corrected chi connectivity index (χ2v) is 4.75. The fourth-order valence-corrected chi connectivity index (χ4v) is 1.84. The van der Waals surface area contributed by atoms with Gasteiger partial charge in [0, 0.05) is 37.2 Å². The lowest BCUT2D eigenvalue weighted by molar-refractivity contribution is 0.0953.